The fourth-order valence-electron chi connectivity index (χ4n) is 2.08. The number of carbonyl (C=O) groups is 1. The summed E-state index contributed by atoms with van der Waals surface area (Å²) in [5, 5.41) is 3.26. The summed E-state index contributed by atoms with van der Waals surface area (Å²) in [6, 6.07) is 5.51. The normalized spacial score (nSPS) is 10.8. The fourth-order valence-corrected chi connectivity index (χ4v) is 2.34. The van der Waals surface area contributed by atoms with Gasteiger partial charge in [0.25, 0.3) is 5.91 Å². The molecule has 0 aliphatic carbocycles. The molecule has 0 bridgehead atoms. The molecule has 3 rings (SSSR count). The molecule has 0 fully saturated rings. The van der Waals surface area contributed by atoms with E-state index in [1.807, 2.05) is 25.1 Å². The second-order valence-corrected chi connectivity index (χ2v) is 4.99. The van der Waals surface area contributed by atoms with Crippen molar-refractivity contribution in [3.8, 4) is 0 Å². The fraction of sp³-hybridized carbons (Fsp3) is 0.143. The Kier molecular flexibility index (Phi) is 3.64. The number of aromatic nitrogens is 4. The number of anilines is 2. The molecule has 0 saturated heterocycles. The molecule has 4 N–H and O–H groups in total. The molecule has 1 amide bonds. The van der Waals surface area contributed by atoms with E-state index in [1.54, 1.807) is 6.33 Å². The molecule has 22 heavy (non-hydrogen) atoms. The lowest BCUT2D eigenvalue weighted by Crippen LogP contribution is -2.18. The van der Waals surface area contributed by atoms with Crippen molar-refractivity contribution in [2.24, 2.45) is 5.73 Å². The molecule has 0 unspecified atom stereocenters. The van der Waals surface area contributed by atoms with E-state index in [1.165, 1.54) is 0 Å². The molecule has 0 atom stereocenters. The summed E-state index contributed by atoms with van der Waals surface area (Å²) in [6.45, 7) is 1.87. The molecule has 0 saturated carbocycles. The van der Waals surface area contributed by atoms with Crippen LogP contribution in [-0.4, -0.2) is 25.8 Å². The second kappa shape index (κ2) is 5.61. The summed E-state index contributed by atoms with van der Waals surface area (Å²) >= 11 is 6.07. The van der Waals surface area contributed by atoms with Gasteiger partial charge in [0.1, 0.15) is 0 Å². The number of nitrogens with one attached hydrogen (secondary N) is 2. The van der Waals surface area contributed by atoms with Gasteiger partial charge in [0, 0.05) is 5.69 Å². The number of benzene rings is 1. The van der Waals surface area contributed by atoms with Crippen molar-refractivity contribution in [1.82, 2.24) is 19.9 Å². The Labute approximate surface area is 130 Å². The maximum Gasteiger partial charge on any atom is 0.271 e. The Hall–Kier alpha value is -2.67. The summed E-state index contributed by atoms with van der Waals surface area (Å²) in [7, 11) is 0. The zero-order valence-corrected chi connectivity index (χ0v) is 12.5. The minimum atomic E-state index is -0.665. The zero-order valence-electron chi connectivity index (χ0n) is 11.7. The molecule has 0 radical (unpaired) electrons. The van der Waals surface area contributed by atoms with Gasteiger partial charge >= 0.3 is 0 Å². The van der Waals surface area contributed by atoms with Gasteiger partial charge in [0.05, 0.1) is 23.1 Å². The first kappa shape index (κ1) is 14.3. The van der Waals surface area contributed by atoms with Crippen molar-refractivity contribution in [2.45, 2.75) is 13.3 Å². The number of nitrogens with two attached hydrogens (primary N) is 1. The second-order valence-electron chi connectivity index (χ2n) is 4.64. The van der Waals surface area contributed by atoms with Crippen LogP contribution in [0.2, 0.25) is 5.15 Å². The van der Waals surface area contributed by atoms with E-state index in [-0.39, 0.29) is 16.7 Å². The Bertz CT molecular complexity index is 860. The van der Waals surface area contributed by atoms with Crippen LogP contribution in [0.3, 0.4) is 0 Å². The minimum Gasteiger partial charge on any atom is -0.364 e. The van der Waals surface area contributed by atoms with Crippen LogP contribution in [-0.2, 0) is 6.42 Å². The van der Waals surface area contributed by atoms with Crippen LogP contribution in [0.1, 0.15) is 23.1 Å². The van der Waals surface area contributed by atoms with Crippen LogP contribution in [0.25, 0.3) is 11.0 Å². The molecule has 1 aromatic carbocycles. The maximum atomic E-state index is 11.6. The Balaban J connectivity index is 2.03. The quantitative estimate of drug-likeness (QED) is 0.684. The van der Waals surface area contributed by atoms with Crippen LogP contribution >= 0.6 is 11.6 Å². The van der Waals surface area contributed by atoms with Crippen LogP contribution in [0.4, 0.5) is 11.5 Å². The molecule has 0 spiro atoms. The molecular weight excluding hydrogens is 304 g/mol. The number of carbonyl (C=O) groups excluding carboxylic acids is 1. The maximum absolute atomic E-state index is 11.6. The molecule has 2 heterocycles. The number of aromatic amines is 1. The number of nitrogens with zero attached hydrogens (tertiary/aromatic N) is 3. The van der Waals surface area contributed by atoms with Crippen molar-refractivity contribution in [1.29, 1.82) is 0 Å². The third-order valence-electron chi connectivity index (χ3n) is 3.17. The summed E-state index contributed by atoms with van der Waals surface area (Å²) in [5.41, 5.74) is 8.36. The van der Waals surface area contributed by atoms with Crippen molar-refractivity contribution >= 4 is 40.0 Å². The minimum absolute atomic E-state index is 0.0587. The van der Waals surface area contributed by atoms with Crippen LogP contribution in [0, 0.1) is 0 Å². The van der Waals surface area contributed by atoms with Crippen molar-refractivity contribution < 1.29 is 4.79 Å². The first-order chi connectivity index (χ1) is 10.6. The van der Waals surface area contributed by atoms with Gasteiger partial charge in [0.15, 0.2) is 16.7 Å². The third kappa shape index (κ3) is 2.58. The van der Waals surface area contributed by atoms with Crippen LogP contribution in [0.5, 0.6) is 0 Å². The number of hydrogen-bond donors (Lipinski definition) is 3. The highest BCUT2D eigenvalue weighted by Crippen LogP contribution is 2.23. The number of halogens is 1. The van der Waals surface area contributed by atoms with Crippen molar-refractivity contribution in [3.05, 3.63) is 41.1 Å². The highest BCUT2D eigenvalue weighted by Gasteiger charge is 2.16. The Morgan fingerprint density at radius 3 is 2.95 bits per heavy atom. The van der Waals surface area contributed by atoms with E-state index >= 15 is 0 Å². The Morgan fingerprint density at radius 1 is 1.41 bits per heavy atom. The van der Waals surface area contributed by atoms with E-state index in [2.05, 4.69) is 25.3 Å². The average Bonchev–Trinajstić information content (AvgIpc) is 2.94. The van der Waals surface area contributed by atoms with Crippen LogP contribution < -0.4 is 11.1 Å². The van der Waals surface area contributed by atoms with Gasteiger partial charge in [-0.25, -0.2) is 15.0 Å². The lowest BCUT2D eigenvalue weighted by Gasteiger charge is -2.11. The number of primary amides is 1. The number of amides is 1. The predicted molar refractivity (Wildman–Crippen MR) is 84.3 cm³/mol. The number of rotatable bonds is 4. The standard InChI is InChI=1S/C14H13ClN6O/c1-2-8-12(15)21-14(11(20-8)13(16)22)19-7-3-4-9-10(5-7)18-6-17-9/h3-6H,2H2,1H3,(H2,16,22)(H,17,18)(H,19,21). The van der Waals surface area contributed by atoms with Gasteiger partial charge < -0.3 is 16.0 Å². The van der Waals surface area contributed by atoms with E-state index < -0.39 is 5.91 Å². The van der Waals surface area contributed by atoms with E-state index in [9.17, 15) is 4.79 Å². The van der Waals surface area contributed by atoms with Gasteiger partial charge in [-0.2, -0.15) is 0 Å². The molecule has 112 valence electrons. The lowest BCUT2D eigenvalue weighted by molar-refractivity contribution is 0.0996. The average molecular weight is 317 g/mol. The molecular formula is C14H13ClN6O. The van der Waals surface area contributed by atoms with Gasteiger partial charge in [-0.1, -0.05) is 18.5 Å². The molecule has 3 aromatic rings. The zero-order chi connectivity index (χ0) is 15.7. The molecule has 7 nitrogen and oxygen atoms in total. The lowest BCUT2D eigenvalue weighted by atomic mass is 10.2. The topological polar surface area (TPSA) is 110 Å². The third-order valence-corrected chi connectivity index (χ3v) is 3.47. The highest BCUT2D eigenvalue weighted by molar-refractivity contribution is 6.30. The number of aryl methyl sites for hydroxylation is 1. The van der Waals surface area contributed by atoms with Gasteiger partial charge in [0.2, 0.25) is 0 Å². The largest absolute Gasteiger partial charge is 0.364 e. The summed E-state index contributed by atoms with van der Waals surface area (Å²) in [4.78, 5) is 27.1. The smallest absolute Gasteiger partial charge is 0.271 e. The monoisotopic (exact) mass is 316 g/mol. The highest BCUT2D eigenvalue weighted by atomic mass is 35.5. The number of H-pyrrole nitrogens is 1. The molecule has 8 heteroatoms. The summed E-state index contributed by atoms with van der Waals surface area (Å²) in [5.74, 6) is -0.438. The SMILES string of the molecule is CCc1nc(C(N)=O)c(Nc2ccc3[nH]cnc3c2)nc1Cl. The summed E-state index contributed by atoms with van der Waals surface area (Å²) < 4.78 is 0. The van der Waals surface area contributed by atoms with Gasteiger partial charge in [-0.15, -0.1) is 0 Å². The number of imidazole rings is 1. The summed E-state index contributed by atoms with van der Waals surface area (Å²) in [6.07, 6.45) is 2.17. The van der Waals surface area contributed by atoms with E-state index in [0.29, 0.717) is 17.8 Å². The first-order valence-electron chi connectivity index (χ1n) is 6.65. The Morgan fingerprint density at radius 2 is 2.23 bits per heavy atom. The number of fused-ring (bicyclic) bond motifs is 1. The van der Waals surface area contributed by atoms with E-state index in [4.69, 9.17) is 17.3 Å². The van der Waals surface area contributed by atoms with Gasteiger partial charge in [-0.3, -0.25) is 4.79 Å². The van der Waals surface area contributed by atoms with Gasteiger partial charge in [-0.05, 0) is 24.6 Å². The number of hydrogen-bond acceptors (Lipinski definition) is 5. The van der Waals surface area contributed by atoms with Crippen molar-refractivity contribution in [3.63, 3.8) is 0 Å². The molecule has 0 aliphatic rings. The van der Waals surface area contributed by atoms with Crippen LogP contribution in [0.15, 0.2) is 24.5 Å². The predicted octanol–water partition coefficient (Wildman–Crippen LogP) is 2.41. The van der Waals surface area contributed by atoms with E-state index in [0.717, 1.165) is 11.0 Å². The molecule has 0 aliphatic heterocycles. The molecule has 2 aromatic heterocycles. The first-order valence-corrected chi connectivity index (χ1v) is 7.02. The van der Waals surface area contributed by atoms with Crippen molar-refractivity contribution in [2.75, 3.05) is 5.32 Å².